The number of carbonyl (C=O) groups is 1. The highest BCUT2D eigenvalue weighted by Gasteiger charge is 2.37. The van der Waals surface area contributed by atoms with Crippen LogP contribution in [0.4, 0.5) is 8.78 Å². The minimum Gasteiger partial charge on any atom is -0.478 e. The van der Waals surface area contributed by atoms with E-state index in [0.29, 0.717) is 11.8 Å². The van der Waals surface area contributed by atoms with Gasteiger partial charge in [0.1, 0.15) is 11.6 Å². The highest BCUT2D eigenvalue weighted by atomic mass is 19.1. The Kier molecular flexibility index (Phi) is 7.48. The average Bonchev–Trinajstić information content (AvgIpc) is 2.67. The first-order valence-corrected chi connectivity index (χ1v) is 11.2. The molecule has 2 saturated carbocycles. The van der Waals surface area contributed by atoms with Gasteiger partial charge in [0, 0.05) is 5.56 Å². The number of benzene rings is 1. The molecule has 0 radical (unpaired) electrons. The molecule has 2 fully saturated rings. The van der Waals surface area contributed by atoms with Crippen molar-refractivity contribution < 1.29 is 18.7 Å². The first kappa shape index (κ1) is 21.3. The van der Waals surface area contributed by atoms with Crippen LogP contribution in [-0.2, 0) is 0 Å². The predicted molar refractivity (Wildman–Crippen MR) is 108 cm³/mol. The third kappa shape index (κ3) is 5.12. The summed E-state index contributed by atoms with van der Waals surface area (Å²) >= 11 is 0. The molecule has 0 saturated heterocycles. The van der Waals surface area contributed by atoms with Gasteiger partial charge < -0.3 is 5.11 Å². The Morgan fingerprint density at radius 1 is 0.964 bits per heavy atom. The zero-order valence-corrected chi connectivity index (χ0v) is 17.1. The number of aromatic carboxylic acids is 1. The van der Waals surface area contributed by atoms with Gasteiger partial charge in [-0.25, -0.2) is 13.6 Å². The lowest BCUT2D eigenvalue weighted by Gasteiger charge is -2.42. The number of fused-ring (bicyclic) bond motifs is 1. The summed E-state index contributed by atoms with van der Waals surface area (Å²) in [7, 11) is 0. The summed E-state index contributed by atoms with van der Waals surface area (Å²) in [6, 6.07) is 1.95. The van der Waals surface area contributed by atoms with Gasteiger partial charge >= 0.3 is 5.97 Å². The maximum absolute atomic E-state index is 14.5. The fourth-order valence-electron chi connectivity index (χ4n) is 5.65. The molecule has 4 atom stereocenters. The third-order valence-corrected chi connectivity index (χ3v) is 7.17. The molecule has 1 aromatic carbocycles. The summed E-state index contributed by atoms with van der Waals surface area (Å²) in [5.74, 6) is -0.690. The second-order valence-corrected chi connectivity index (χ2v) is 9.07. The van der Waals surface area contributed by atoms with Crippen LogP contribution in [0.15, 0.2) is 12.1 Å². The summed E-state index contributed by atoms with van der Waals surface area (Å²) in [6.45, 7) is 2.25. The summed E-state index contributed by atoms with van der Waals surface area (Å²) in [5.41, 5.74) is -0.201. The van der Waals surface area contributed by atoms with Crippen molar-refractivity contribution in [3.8, 4) is 0 Å². The fraction of sp³-hybridized carbons (Fsp3) is 0.708. The van der Waals surface area contributed by atoms with Gasteiger partial charge in [0.15, 0.2) is 0 Å². The van der Waals surface area contributed by atoms with Crippen LogP contribution in [0.2, 0.25) is 0 Å². The Balaban J connectivity index is 1.55. The van der Waals surface area contributed by atoms with E-state index in [9.17, 15) is 13.6 Å². The molecule has 0 bridgehead atoms. The zero-order chi connectivity index (χ0) is 20.1. The number of hydrogen-bond donors (Lipinski definition) is 1. The van der Waals surface area contributed by atoms with Crippen molar-refractivity contribution >= 4 is 5.97 Å². The molecule has 2 nitrogen and oxygen atoms in total. The molecule has 0 amide bonds. The Hall–Kier alpha value is -1.45. The summed E-state index contributed by atoms with van der Waals surface area (Å²) in [6.07, 6.45) is 14.4. The van der Waals surface area contributed by atoms with E-state index in [4.69, 9.17) is 5.11 Å². The summed E-state index contributed by atoms with van der Waals surface area (Å²) in [5, 5.41) is 8.98. The number of hydrogen-bond acceptors (Lipinski definition) is 1. The van der Waals surface area contributed by atoms with E-state index in [2.05, 4.69) is 6.92 Å². The van der Waals surface area contributed by atoms with E-state index in [1.54, 1.807) is 0 Å². The number of unbranched alkanes of at least 4 members (excludes halogenated alkanes) is 4. The van der Waals surface area contributed by atoms with Crippen molar-refractivity contribution in [2.75, 3.05) is 0 Å². The van der Waals surface area contributed by atoms with E-state index in [1.807, 2.05) is 0 Å². The largest absolute Gasteiger partial charge is 0.478 e. The first-order valence-electron chi connectivity index (χ1n) is 11.2. The van der Waals surface area contributed by atoms with Crippen LogP contribution in [-0.4, -0.2) is 11.1 Å². The van der Waals surface area contributed by atoms with E-state index in [1.165, 1.54) is 57.8 Å². The van der Waals surface area contributed by atoms with Gasteiger partial charge in [-0.3, -0.25) is 0 Å². The Morgan fingerprint density at radius 3 is 2.29 bits per heavy atom. The molecule has 0 heterocycles. The van der Waals surface area contributed by atoms with Crippen LogP contribution in [0.25, 0.3) is 0 Å². The Morgan fingerprint density at radius 2 is 1.61 bits per heavy atom. The standard InChI is InChI=1S/C24H34F2O2/c1-2-3-4-5-6-7-16-8-9-18-13-19(11-10-17(18)12-16)23-21(25)14-20(24(27)28)15-22(23)26/h14-19H,2-13H2,1H3,(H,27,28). The molecule has 2 aliphatic rings. The second kappa shape index (κ2) is 9.84. The minimum atomic E-state index is -1.29. The molecule has 1 N–H and O–H groups in total. The van der Waals surface area contributed by atoms with Crippen LogP contribution >= 0.6 is 0 Å². The average molecular weight is 393 g/mol. The Bertz CT molecular complexity index is 650. The van der Waals surface area contributed by atoms with Crippen LogP contribution in [0.1, 0.15) is 106 Å². The quantitative estimate of drug-likeness (QED) is 0.470. The van der Waals surface area contributed by atoms with Crippen LogP contribution in [0.5, 0.6) is 0 Å². The van der Waals surface area contributed by atoms with Crippen LogP contribution in [0, 0.1) is 29.4 Å². The molecule has 156 valence electrons. The molecule has 4 heteroatoms. The molecule has 28 heavy (non-hydrogen) atoms. The van der Waals surface area contributed by atoms with Crippen LogP contribution in [0.3, 0.4) is 0 Å². The van der Waals surface area contributed by atoms with Crippen LogP contribution < -0.4 is 0 Å². The smallest absolute Gasteiger partial charge is 0.335 e. The lowest BCUT2D eigenvalue weighted by Crippen LogP contribution is -2.31. The number of rotatable bonds is 8. The van der Waals surface area contributed by atoms with E-state index in [0.717, 1.165) is 37.3 Å². The molecular weight excluding hydrogens is 358 g/mol. The van der Waals surface area contributed by atoms with Crippen molar-refractivity contribution in [3.05, 3.63) is 34.9 Å². The molecule has 0 aromatic heterocycles. The highest BCUT2D eigenvalue weighted by molar-refractivity contribution is 5.87. The van der Waals surface area contributed by atoms with Gasteiger partial charge in [-0.1, -0.05) is 51.9 Å². The van der Waals surface area contributed by atoms with Gasteiger partial charge in [-0.05, 0) is 67.9 Å². The molecule has 0 aliphatic heterocycles. The topological polar surface area (TPSA) is 37.3 Å². The highest BCUT2D eigenvalue weighted by Crippen LogP contribution is 2.49. The van der Waals surface area contributed by atoms with Gasteiger partial charge in [0.2, 0.25) is 0 Å². The SMILES string of the molecule is CCCCCCCC1CCC2CC(c3c(F)cc(C(=O)O)cc3F)CCC2C1. The number of halogens is 2. The van der Waals surface area contributed by atoms with Gasteiger partial charge in [-0.2, -0.15) is 0 Å². The number of carboxylic acid groups (broad SMARTS) is 1. The van der Waals surface area contributed by atoms with E-state index in [-0.39, 0.29) is 17.0 Å². The van der Waals surface area contributed by atoms with E-state index < -0.39 is 17.6 Å². The van der Waals surface area contributed by atoms with Crippen molar-refractivity contribution in [2.24, 2.45) is 17.8 Å². The Labute approximate surface area is 167 Å². The molecule has 3 rings (SSSR count). The van der Waals surface area contributed by atoms with Gasteiger partial charge in [0.25, 0.3) is 0 Å². The summed E-state index contributed by atoms with van der Waals surface area (Å²) < 4.78 is 28.9. The molecule has 4 unspecified atom stereocenters. The monoisotopic (exact) mass is 392 g/mol. The van der Waals surface area contributed by atoms with Gasteiger partial charge in [0.05, 0.1) is 5.56 Å². The van der Waals surface area contributed by atoms with Gasteiger partial charge in [-0.15, -0.1) is 0 Å². The predicted octanol–water partition coefficient (Wildman–Crippen LogP) is 7.32. The maximum Gasteiger partial charge on any atom is 0.335 e. The number of carboxylic acids is 1. The third-order valence-electron chi connectivity index (χ3n) is 7.17. The van der Waals surface area contributed by atoms with Crippen molar-refractivity contribution in [3.63, 3.8) is 0 Å². The summed E-state index contributed by atoms with van der Waals surface area (Å²) in [4.78, 5) is 11.0. The van der Waals surface area contributed by atoms with Crippen molar-refractivity contribution in [2.45, 2.75) is 89.9 Å². The van der Waals surface area contributed by atoms with Crippen molar-refractivity contribution in [1.29, 1.82) is 0 Å². The molecule has 2 aliphatic carbocycles. The zero-order valence-electron chi connectivity index (χ0n) is 17.1. The second-order valence-electron chi connectivity index (χ2n) is 9.07. The van der Waals surface area contributed by atoms with Crippen molar-refractivity contribution in [1.82, 2.24) is 0 Å². The normalized spacial score (nSPS) is 27.4. The minimum absolute atomic E-state index is 0.112. The lowest BCUT2D eigenvalue weighted by molar-refractivity contribution is 0.0695. The molecular formula is C24H34F2O2. The maximum atomic E-state index is 14.5. The fourth-order valence-corrected chi connectivity index (χ4v) is 5.65. The molecule has 1 aromatic rings. The first-order chi connectivity index (χ1) is 13.5. The van der Waals surface area contributed by atoms with E-state index >= 15 is 0 Å². The lowest BCUT2D eigenvalue weighted by atomic mass is 9.63. The molecule has 0 spiro atoms.